The number of alkyl halides is 3. The molecule has 10 heteroatoms. The number of hydrogen-bond acceptors (Lipinski definition) is 4. The number of rotatable bonds is 7. The molecule has 0 amide bonds. The highest BCUT2D eigenvalue weighted by Gasteiger charge is 2.48. The second kappa shape index (κ2) is 6.40. The van der Waals surface area contributed by atoms with E-state index >= 15 is 0 Å². The summed E-state index contributed by atoms with van der Waals surface area (Å²) in [4.78, 5) is 0. The Balaban J connectivity index is 4.52. The van der Waals surface area contributed by atoms with E-state index in [2.05, 4.69) is 0 Å². The molecule has 5 nitrogen and oxygen atoms in total. The summed E-state index contributed by atoms with van der Waals surface area (Å²) in [6, 6.07) is 0. The number of nitrogens with one attached hydrogen (secondary N) is 1. The Hall–Kier alpha value is -0.350. The normalized spacial score (nSPS) is 15.7. The zero-order valence-electron chi connectivity index (χ0n) is 10.9. The molecule has 0 aliphatic carbocycles. The summed E-state index contributed by atoms with van der Waals surface area (Å²) in [5, 5.41) is 0. The van der Waals surface area contributed by atoms with Crippen LogP contribution in [0, 0.1) is 11.8 Å². The van der Waals surface area contributed by atoms with Gasteiger partial charge in [0, 0.05) is 0 Å². The molecule has 0 heterocycles. The van der Waals surface area contributed by atoms with Crippen molar-refractivity contribution in [3.63, 3.8) is 0 Å². The fraction of sp³-hybridized carbons (Fsp3) is 1.00. The molecule has 0 bridgehead atoms. The Morgan fingerprint density at radius 1 is 1.05 bits per heavy atom. The smallest absolute Gasteiger partial charge is 0.211 e. The van der Waals surface area contributed by atoms with Crippen molar-refractivity contribution in [3.8, 4) is 0 Å². The van der Waals surface area contributed by atoms with Crippen LogP contribution in [-0.2, 0) is 20.0 Å². The van der Waals surface area contributed by atoms with Crippen molar-refractivity contribution in [1.29, 1.82) is 0 Å². The van der Waals surface area contributed by atoms with Crippen LogP contribution in [0.15, 0.2) is 0 Å². The van der Waals surface area contributed by atoms with Gasteiger partial charge >= 0.3 is 15.5 Å². The van der Waals surface area contributed by atoms with E-state index in [0.29, 0.717) is 16.5 Å². The minimum atomic E-state index is -5.86. The molecule has 0 rings (SSSR count). The highest BCUT2D eigenvalue weighted by molar-refractivity contribution is 8.05. The lowest BCUT2D eigenvalue weighted by molar-refractivity contribution is -0.0441. The molecule has 0 fully saturated rings. The Kier molecular flexibility index (Phi) is 6.28. The molecule has 0 aliphatic heterocycles. The molecule has 0 aromatic rings. The summed E-state index contributed by atoms with van der Waals surface area (Å²) in [6.45, 7) is 5.76. The van der Waals surface area contributed by atoms with Crippen molar-refractivity contribution in [2.24, 2.45) is 11.8 Å². The SMILES string of the molecule is CC(C)C(C)CCCS(=O)(=O)NS(=O)(=O)C(F)(F)F. The molecular formula is C9H18F3NO4S2. The first kappa shape index (κ1) is 18.7. The topological polar surface area (TPSA) is 80.3 Å². The van der Waals surface area contributed by atoms with Crippen LogP contribution >= 0.6 is 0 Å². The molecule has 1 atom stereocenters. The van der Waals surface area contributed by atoms with Gasteiger partial charge in [-0.3, -0.25) is 0 Å². The van der Waals surface area contributed by atoms with Crippen molar-refractivity contribution in [2.75, 3.05) is 5.75 Å². The Labute approximate surface area is 111 Å². The van der Waals surface area contributed by atoms with Crippen LogP contribution in [0.2, 0.25) is 0 Å². The van der Waals surface area contributed by atoms with E-state index < -0.39 is 31.3 Å². The van der Waals surface area contributed by atoms with Gasteiger partial charge in [-0.25, -0.2) is 16.8 Å². The average Bonchev–Trinajstić information content (AvgIpc) is 2.13. The fourth-order valence-corrected chi connectivity index (χ4v) is 3.78. The monoisotopic (exact) mass is 325 g/mol. The first-order valence-corrected chi connectivity index (χ1v) is 8.74. The van der Waals surface area contributed by atoms with Crippen LogP contribution in [0.25, 0.3) is 0 Å². The Morgan fingerprint density at radius 2 is 1.53 bits per heavy atom. The van der Waals surface area contributed by atoms with Crippen molar-refractivity contribution >= 4 is 20.0 Å². The second-order valence-corrected chi connectivity index (χ2v) is 8.49. The minimum absolute atomic E-state index is 0.0993. The third kappa shape index (κ3) is 6.57. The van der Waals surface area contributed by atoms with E-state index in [1.807, 2.05) is 20.8 Å². The van der Waals surface area contributed by atoms with Crippen LogP contribution in [0.4, 0.5) is 13.2 Å². The molecule has 0 radical (unpaired) electrons. The van der Waals surface area contributed by atoms with Gasteiger partial charge in [0.05, 0.1) is 5.75 Å². The summed E-state index contributed by atoms with van der Waals surface area (Å²) in [5.74, 6) is -0.136. The van der Waals surface area contributed by atoms with Crippen molar-refractivity contribution in [3.05, 3.63) is 0 Å². The second-order valence-electron chi connectivity index (χ2n) is 4.71. The van der Waals surface area contributed by atoms with E-state index in [0.717, 1.165) is 0 Å². The van der Waals surface area contributed by atoms with E-state index in [4.69, 9.17) is 0 Å². The quantitative estimate of drug-likeness (QED) is 0.774. The van der Waals surface area contributed by atoms with Crippen LogP contribution in [0.3, 0.4) is 0 Å². The largest absolute Gasteiger partial charge is 0.512 e. The van der Waals surface area contributed by atoms with Crippen molar-refractivity contribution < 1.29 is 30.0 Å². The molecule has 1 unspecified atom stereocenters. The van der Waals surface area contributed by atoms with Crippen molar-refractivity contribution in [1.82, 2.24) is 4.13 Å². The highest BCUT2D eigenvalue weighted by Crippen LogP contribution is 2.22. The van der Waals surface area contributed by atoms with Crippen LogP contribution in [-0.4, -0.2) is 28.1 Å². The first-order chi connectivity index (χ1) is 8.28. The lowest BCUT2D eigenvalue weighted by atomic mass is 9.94. The summed E-state index contributed by atoms with van der Waals surface area (Å²) in [5.41, 5.74) is -5.63. The van der Waals surface area contributed by atoms with E-state index in [1.54, 1.807) is 0 Å². The van der Waals surface area contributed by atoms with E-state index in [-0.39, 0.29) is 12.3 Å². The highest BCUT2D eigenvalue weighted by atomic mass is 32.3. The third-order valence-corrected chi connectivity index (χ3v) is 6.08. The fourth-order valence-electron chi connectivity index (χ4n) is 1.18. The molecule has 0 aromatic heterocycles. The summed E-state index contributed by atoms with van der Waals surface area (Å²) < 4.78 is 80.5. The maximum Gasteiger partial charge on any atom is 0.512 e. The number of hydrogen-bond donors (Lipinski definition) is 1. The van der Waals surface area contributed by atoms with Gasteiger partial charge in [-0.15, -0.1) is 4.13 Å². The van der Waals surface area contributed by atoms with Gasteiger partial charge in [0.25, 0.3) is 0 Å². The number of sulfonamides is 2. The predicted molar refractivity (Wildman–Crippen MR) is 65.1 cm³/mol. The first-order valence-electron chi connectivity index (χ1n) is 5.61. The van der Waals surface area contributed by atoms with Gasteiger partial charge in [-0.1, -0.05) is 20.8 Å². The molecule has 1 N–H and O–H groups in total. The third-order valence-electron chi connectivity index (χ3n) is 2.75. The van der Waals surface area contributed by atoms with Crippen LogP contribution in [0.1, 0.15) is 33.6 Å². The van der Waals surface area contributed by atoms with Gasteiger partial charge < -0.3 is 0 Å². The predicted octanol–water partition coefficient (Wildman–Crippen LogP) is 1.83. The maximum absolute atomic E-state index is 12.0. The Bertz CT molecular complexity index is 482. The average molecular weight is 325 g/mol. The lowest BCUT2D eigenvalue weighted by Crippen LogP contribution is -2.41. The van der Waals surface area contributed by atoms with E-state index in [1.165, 1.54) is 0 Å². The summed E-state index contributed by atoms with van der Waals surface area (Å²) >= 11 is 0. The van der Waals surface area contributed by atoms with E-state index in [9.17, 15) is 30.0 Å². The zero-order valence-corrected chi connectivity index (χ0v) is 12.5. The molecule has 0 saturated heterocycles. The summed E-state index contributed by atoms with van der Waals surface area (Å²) in [7, 11) is -10.4. The zero-order chi connectivity index (χ0) is 15.5. The minimum Gasteiger partial charge on any atom is -0.211 e. The van der Waals surface area contributed by atoms with Crippen LogP contribution < -0.4 is 4.13 Å². The van der Waals surface area contributed by atoms with Gasteiger partial charge in [0.15, 0.2) is 0 Å². The lowest BCUT2D eigenvalue weighted by Gasteiger charge is -2.15. The number of halogens is 3. The molecule has 19 heavy (non-hydrogen) atoms. The van der Waals surface area contributed by atoms with Gasteiger partial charge in [0.2, 0.25) is 10.0 Å². The molecule has 0 saturated carbocycles. The van der Waals surface area contributed by atoms with Gasteiger partial charge in [-0.05, 0) is 24.7 Å². The molecule has 0 spiro atoms. The summed E-state index contributed by atoms with van der Waals surface area (Å²) in [6.07, 6.45) is 0.590. The van der Waals surface area contributed by atoms with Crippen molar-refractivity contribution in [2.45, 2.75) is 39.1 Å². The van der Waals surface area contributed by atoms with Crippen LogP contribution in [0.5, 0.6) is 0 Å². The molecule has 116 valence electrons. The molecule has 0 aliphatic rings. The Morgan fingerprint density at radius 3 is 1.89 bits per heavy atom. The molecular weight excluding hydrogens is 307 g/mol. The maximum atomic E-state index is 12.0. The molecule has 0 aromatic carbocycles. The van der Waals surface area contributed by atoms with Gasteiger partial charge in [0.1, 0.15) is 0 Å². The standard InChI is InChI=1S/C9H18F3NO4S2/c1-7(2)8(3)5-4-6-18(14,15)13-19(16,17)9(10,11)12/h7-8,13H,4-6H2,1-3H3. The van der Waals surface area contributed by atoms with Gasteiger partial charge in [-0.2, -0.15) is 13.2 Å².